The van der Waals surface area contributed by atoms with Crippen LogP contribution in [-0.2, 0) is 4.74 Å². The zero-order valence-electron chi connectivity index (χ0n) is 13.1. The highest BCUT2D eigenvalue weighted by Gasteiger charge is 2.18. The summed E-state index contributed by atoms with van der Waals surface area (Å²) in [6.45, 7) is 5.78. The van der Waals surface area contributed by atoms with Gasteiger partial charge in [-0.05, 0) is 49.9 Å². The Balaban J connectivity index is 2.11. The molecule has 0 radical (unpaired) electrons. The lowest BCUT2D eigenvalue weighted by atomic mass is 10.0. The molecule has 0 saturated carbocycles. The van der Waals surface area contributed by atoms with E-state index in [1.165, 1.54) is 17.4 Å². The summed E-state index contributed by atoms with van der Waals surface area (Å²) >= 11 is 1.30. The first-order valence-corrected chi connectivity index (χ1v) is 8.16. The number of hydrogen-bond acceptors (Lipinski definition) is 4. The van der Waals surface area contributed by atoms with E-state index in [-0.39, 0.29) is 11.8 Å². The van der Waals surface area contributed by atoms with Crippen LogP contribution in [0, 0.1) is 19.7 Å². The SMILES string of the molecule is CCOC(=O)c1sc(-c2cc(C)c3c(F)cccc3c2)nc1C. The number of aromatic nitrogens is 1. The fraction of sp³-hybridized carbons (Fsp3) is 0.222. The molecule has 5 heteroatoms. The molecule has 1 aromatic heterocycles. The van der Waals surface area contributed by atoms with Crippen LogP contribution in [0.4, 0.5) is 4.39 Å². The fourth-order valence-corrected chi connectivity index (χ4v) is 3.57. The van der Waals surface area contributed by atoms with Crippen molar-refractivity contribution in [1.82, 2.24) is 4.98 Å². The standard InChI is InChI=1S/C18H16FNO2S/c1-4-22-18(21)16-11(3)20-17(23-16)13-8-10(2)15-12(9-13)6-5-7-14(15)19/h5-9H,4H2,1-3H3. The summed E-state index contributed by atoms with van der Waals surface area (Å²) in [4.78, 5) is 16.9. The van der Waals surface area contributed by atoms with E-state index in [0.29, 0.717) is 22.6 Å². The van der Waals surface area contributed by atoms with Crippen molar-refractivity contribution in [2.24, 2.45) is 0 Å². The molecule has 3 rings (SSSR count). The molecule has 0 spiro atoms. The van der Waals surface area contributed by atoms with Gasteiger partial charge in [-0.15, -0.1) is 11.3 Å². The normalized spacial score (nSPS) is 11.0. The predicted molar refractivity (Wildman–Crippen MR) is 90.4 cm³/mol. The third-order valence-electron chi connectivity index (χ3n) is 3.63. The maximum atomic E-state index is 14.0. The zero-order chi connectivity index (χ0) is 16.6. The van der Waals surface area contributed by atoms with Crippen LogP contribution in [0.2, 0.25) is 0 Å². The maximum absolute atomic E-state index is 14.0. The Labute approximate surface area is 137 Å². The van der Waals surface area contributed by atoms with Gasteiger partial charge in [0.05, 0.1) is 12.3 Å². The van der Waals surface area contributed by atoms with Gasteiger partial charge in [0, 0.05) is 10.9 Å². The number of aryl methyl sites for hydroxylation is 2. The Hall–Kier alpha value is -2.27. The number of rotatable bonds is 3. The minimum atomic E-state index is -0.350. The van der Waals surface area contributed by atoms with Crippen LogP contribution in [0.1, 0.15) is 27.9 Å². The maximum Gasteiger partial charge on any atom is 0.350 e. The minimum Gasteiger partial charge on any atom is -0.462 e. The molecule has 0 aliphatic heterocycles. The van der Waals surface area contributed by atoms with Gasteiger partial charge in [0.25, 0.3) is 0 Å². The van der Waals surface area contributed by atoms with E-state index < -0.39 is 0 Å². The van der Waals surface area contributed by atoms with E-state index in [1.807, 2.05) is 25.1 Å². The minimum absolute atomic E-state index is 0.228. The molecule has 3 nitrogen and oxygen atoms in total. The molecule has 0 N–H and O–H groups in total. The molecule has 2 aromatic carbocycles. The van der Waals surface area contributed by atoms with Gasteiger partial charge in [-0.2, -0.15) is 0 Å². The Morgan fingerprint density at radius 2 is 2.09 bits per heavy atom. The van der Waals surface area contributed by atoms with Crippen molar-refractivity contribution in [1.29, 1.82) is 0 Å². The number of hydrogen-bond donors (Lipinski definition) is 0. The molecular formula is C18H16FNO2S. The first kappa shape index (κ1) is 15.6. The molecule has 23 heavy (non-hydrogen) atoms. The summed E-state index contributed by atoms with van der Waals surface area (Å²) in [5, 5.41) is 2.18. The van der Waals surface area contributed by atoms with Crippen molar-refractivity contribution in [3.8, 4) is 10.6 Å². The second-order valence-corrected chi connectivity index (χ2v) is 6.28. The average molecular weight is 329 g/mol. The summed E-state index contributed by atoms with van der Waals surface area (Å²) in [5.41, 5.74) is 2.38. The molecule has 0 bridgehead atoms. The number of benzene rings is 2. The third-order valence-corrected chi connectivity index (χ3v) is 4.81. The Bertz CT molecular complexity index is 901. The second kappa shape index (κ2) is 6.08. The van der Waals surface area contributed by atoms with Crippen LogP contribution in [0.15, 0.2) is 30.3 Å². The van der Waals surface area contributed by atoms with Crippen LogP contribution >= 0.6 is 11.3 Å². The monoisotopic (exact) mass is 329 g/mol. The lowest BCUT2D eigenvalue weighted by Crippen LogP contribution is -2.03. The predicted octanol–water partition coefficient (Wildman–Crippen LogP) is 4.90. The van der Waals surface area contributed by atoms with Crippen LogP contribution in [0.3, 0.4) is 0 Å². The summed E-state index contributed by atoms with van der Waals surface area (Å²) in [6, 6.07) is 8.83. The van der Waals surface area contributed by atoms with Crippen LogP contribution in [0.5, 0.6) is 0 Å². The quantitative estimate of drug-likeness (QED) is 0.642. The van der Waals surface area contributed by atoms with E-state index in [4.69, 9.17) is 4.74 Å². The molecule has 0 atom stereocenters. The second-order valence-electron chi connectivity index (χ2n) is 5.29. The van der Waals surface area contributed by atoms with Gasteiger partial charge in [-0.25, -0.2) is 14.2 Å². The first-order chi connectivity index (χ1) is 11.0. The molecule has 0 aliphatic carbocycles. The molecule has 3 aromatic rings. The molecule has 0 aliphatic rings. The molecule has 0 fully saturated rings. The Morgan fingerprint density at radius 3 is 2.83 bits per heavy atom. The Morgan fingerprint density at radius 1 is 1.30 bits per heavy atom. The van der Waals surface area contributed by atoms with Gasteiger partial charge in [0.1, 0.15) is 15.7 Å². The smallest absolute Gasteiger partial charge is 0.350 e. The van der Waals surface area contributed by atoms with Crippen LogP contribution in [-0.4, -0.2) is 17.6 Å². The average Bonchev–Trinajstić information content (AvgIpc) is 2.89. The summed E-state index contributed by atoms with van der Waals surface area (Å²) in [7, 11) is 0. The van der Waals surface area contributed by atoms with E-state index in [0.717, 1.165) is 21.5 Å². The lowest BCUT2D eigenvalue weighted by molar-refractivity contribution is 0.0531. The van der Waals surface area contributed by atoms with Crippen molar-refractivity contribution in [3.63, 3.8) is 0 Å². The van der Waals surface area contributed by atoms with E-state index in [9.17, 15) is 9.18 Å². The highest BCUT2D eigenvalue weighted by Crippen LogP contribution is 2.33. The summed E-state index contributed by atoms with van der Waals surface area (Å²) in [6.07, 6.45) is 0. The third kappa shape index (κ3) is 2.84. The molecule has 1 heterocycles. The number of thiazole rings is 1. The van der Waals surface area contributed by atoms with Crippen molar-refractivity contribution in [2.45, 2.75) is 20.8 Å². The first-order valence-electron chi connectivity index (χ1n) is 7.35. The van der Waals surface area contributed by atoms with E-state index in [2.05, 4.69) is 4.98 Å². The van der Waals surface area contributed by atoms with Crippen LogP contribution < -0.4 is 0 Å². The summed E-state index contributed by atoms with van der Waals surface area (Å²) in [5.74, 6) is -0.577. The topological polar surface area (TPSA) is 39.2 Å². The highest BCUT2D eigenvalue weighted by atomic mass is 32.1. The van der Waals surface area contributed by atoms with Gasteiger partial charge in [0.2, 0.25) is 0 Å². The van der Waals surface area contributed by atoms with Gasteiger partial charge in [-0.1, -0.05) is 12.1 Å². The number of nitrogens with zero attached hydrogens (tertiary/aromatic N) is 1. The number of carbonyl (C=O) groups is 1. The van der Waals surface area contributed by atoms with Gasteiger partial charge < -0.3 is 4.74 Å². The fourth-order valence-electron chi connectivity index (χ4n) is 2.62. The van der Waals surface area contributed by atoms with Crippen molar-refractivity contribution < 1.29 is 13.9 Å². The zero-order valence-corrected chi connectivity index (χ0v) is 14.0. The van der Waals surface area contributed by atoms with Crippen molar-refractivity contribution in [3.05, 3.63) is 52.3 Å². The van der Waals surface area contributed by atoms with Crippen molar-refractivity contribution >= 4 is 28.1 Å². The largest absolute Gasteiger partial charge is 0.462 e. The lowest BCUT2D eigenvalue weighted by Gasteiger charge is -2.06. The van der Waals surface area contributed by atoms with Gasteiger partial charge >= 0.3 is 5.97 Å². The highest BCUT2D eigenvalue weighted by molar-refractivity contribution is 7.17. The number of halogens is 1. The molecule has 118 valence electrons. The van der Waals surface area contributed by atoms with Crippen molar-refractivity contribution in [2.75, 3.05) is 6.61 Å². The Kier molecular flexibility index (Phi) is 4.13. The van der Waals surface area contributed by atoms with Gasteiger partial charge in [-0.3, -0.25) is 0 Å². The van der Waals surface area contributed by atoms with Gasteiger partial charge in [0.15, 0.2) is 0 Å². The van der Waals surface area contributed by atoms with E-state index >= 15 is 0 Å². The number of esters is 1. The number of fused-ring (bicyclic) bond motifs is 1. The number of carbonyl (C=O) groups excluding carboxylic acids is 1. The molecule has 0 amide bonds. The summed E-state index contributed by atoms with van der Waals surface area (Å²) < 4.78 is 19.0. The molecular weight excluding hydrogens is 313 g/mol. The van der Waals surface area contributed by atoms with Crippen LogP contribution in [0.25, 0.3) is 21.3 Å². The molecule has 0 saturated heterocycles. The molecule has 0 unspecified atom stereocenters. The van der Waals surface area contributed by atoms with E-state index in [1.54, 1.807) is 19.9 Å². The number of ether oxygens (including phenoxy) is 1.